The molecule has 0 aromatic carbocycles. The first-order chi connectivity index (χ1) is 9.29. The van der Waals surface area contributed by atoms with Gasteiger partial charge in [0.05, 0.1) is 16.8 Å². The molecule has 0 bridgehead atoms. The van der Waals surface area contributed by atoms with Crippen LogP contribution in [0.15, 0.2) is 0 Å². The zero-order valence-electron chi connectivity index (χ0n) is 11.7. The fourth-order valence-corrected chi connectivity index (χ4v) is 6.52. The van der Waals surface area contributed by atoms with Gasteiger partial charge in [-0.15, -0.1) is 0 Å². The lowest BCUT2D eigenvalue weighted by atomic mass is 9.87. The molecular weight excluding hydrogens is 300 g/mol. The fraction of sp³-hybridized carbons (Fsp3) is 1.00. The number of nitrogens with two attached hydrogens (primary N) is 1. The summed E-state index contributed by atoms with van der Waals surface area (Å²) in [5.41, 5.74) is 5.69. The van der Waals surface area contributed by atoms with Gasteiger partial charge in [-0.05, 0) is 37.6 Å². The molecule has 1 heterocycles. The van der Waals surface area contributed by atoms with Crippen LogP contribution < -0.4 is 10.5 Å². The number of rotatable bonds is 5. The van der Waals surface area contributed by atoms with Gasteiger partial charge in [-0.1, -0.05) is 12.8 Å². The Balaban J connectivity index is 1.94. The summed E-state index contributed by atoms with van der Waals surface area (Å²) in [6.07, 6.45) is 4.53. The van der Waals surface area contributed by atoms with E-state index in [0.717, 1.165) is 25.7 Å². The van der Waals surface area contributed by atoms with Gasteiger partial charge in [0.25, 0.3) is 0 Å². The van der Waals surface area contributed by atoms with E-state index in [4.69, 9.17) is 5.73 Å². The summed E-state index contributed by atoms with van der Waals surface area (Å²) in [7, 11) is -6.47. The minimum absolute atomic E-state index is 0.0272. The molecule has 1 saturated heterocycles. The summed E-state index contributed by atoms with van der Waals surface area (Å²) < 4.78 is 49.9. The van der Waals surface area contributed by atoms with Crippen LogP contribution in [0.1, 0.15) is 38.5 Å². The van der Waals surface area contributed by atoms with E-state index in [9.17, 15) is 16.8 Å². The number of nitrogens with one attached hydrogen (secondary N) is 1. The molecule has 0 unspecified atom stereocenters. The van der Waals surface area contributed by atoms with Crippen molar-refractivity contribution in [3.8, 4) is 0 Å². The molecule has 6 nitrogen and oxygen atoms in total. The van der Waals surface area contributed by atoms with Crippen molar-refractivity contribution in [1.29, 1.82) is 0 Å². The molecule has 1 saturated carbocycles. The monoisotopic (exact) mass is 324 g/mol. The van der Waals surface area contributed by atoms with E-state index >= 15 is 0 Å². The van der Waals surface area contributed by atoms with Gasteiger partial charge in [0.15, 0.2) is 0 Å². The van der Waals surface area contributed by atoms with Gasteiger partial charge in [0.2, 0.25) is 10.0 Å². The highest BCUT2D eigenvalue weighted by atomic mass is 32.2. The Morgan fingerprint density at radius 1 is 1.15 bits per heavy atom. The predicted octanol–water partition coefficient (Wildman–Crippen LogP) is 0.00210. The van der Waals surface area contributed by atoms with Crippen molar-refractivity contribution in [1.82, 2.24) is 4.72 Å². The summed E-state index contributed by atoms with van der Waals surface area (Å²) in [5, 5.41) is -0.581. The Morgan fingerprint density at radius 3 is 2.20 bits per heavy atom. The van der Waals surface area contributed by atoms with E-state index in [1.54, 1.807) is 0 Å². The molecule has 0 atom stereocenters. The molecule has 1 aliphatic heterocycles. The van der Waals surface area contributed by atoms with Crippen molar-refractivity contribution < 1.29 is 16.8 Å². The second-order valence-electron chi connectivity index (χ2n) is 6.13. The van der Waals surface area contributed by atoms with Crippen LogP contribution in [0.2, 0.25) is 0 Å². The molecule has 0 aromatic rings. The highest BCUT2D eigenvalue weighted by molar-refractivity contribution is 7.92. The zero-order valence-corrected chi connectivity index (χ0v) is 13.3. The van der Waals surface area contributed by atoms with Crippen molar-refractivity contribution in [3.63, 3.8) is 0 Å². The first kappa shape index (κ1) is 16.2. The van der Waals surface area contributed by atoms with E-state index in [0.29, 0.717) is 13.1 Å². The molecule has 1 aliphatic carbocycles. The Kier molecular flexibility index (Phi) is 4.78. The summed E-state index contributed by atoms with van der Waals surface area (Å²) in [6, 6.07) is 0. The standard InChI is InChI=1S/C12H24N2O4S2/c13-9-12(5-1-2-6-12)10-14-20(17,18)11-3-7-19(15,16)8-4-11/h11,14H,1-10,13H2. The van der Waals surface area contributed by atoms with Crippen LogP contribution in [0.5, 0.6) is 0 Å². The second-order valence-corrected chi connectivity index (χ2v) is 10.5. The molecule has 8 heteroatoms. The van der Waals surface area contributed by atoms with Crippen LogP contribution in [0.4, 0.5) is 0 Å². The van der Waals surface area contributed by atoms with Crippen molar-refractivity contribution >= 4 is 19.9 Å². The molecule has 0 radical (unpaired) electrons. The average Bonchev–Trinajstić information content (AvgIpc) is 2.86. The molecule has 0 spiro atoms. The first-order valence-corrected chi connectivity index (χ1v) is 10.5. The maximum atomic E-state index is 12.3. The van der Waals surface area contributed by atoms with Crippen LogP contribution in [0, 0.1) is 5.41 Å². The van der Waals surface area contributed by atoms with E-state index in [1.165, 1.54) is 0 Å². The van der Waals surface area contributed by atoms with Crippen LogP contribution in [0.3, 0.4) is 0 Å². The normalized spacial score (nSPS) is 26.6. The SMILES string of the molecule is NCC1(CNS(=O)(=O)C2CCS(=O)(=O)CC2)CCCC1. The second kappa shape index (κ2) is 5.90. The topological polar surface area (TPSA) is 106 Å². The van der Waals surface area contributed by atoms with E-state index in [-0.39, 0.29) is 29.8 Å². The Labute approximate surface area is 121 Å². The van der Waals surface area contributed by atoms with E-state index < -0.39 is 25.1 Å². The molecule has 2 rings (SSSR count). The smallest absolute Gasteiger partial charge is 0.214 e. The van der Waals surface area contributed by atoms with Gasteiger partial charge in [-0.3, -0.25) is 0 Å². The fourth-order valence-electron chi connectivity index (χ4n) is 3.13. The molecule has 2 fully saturated rings. The molecule has 0 aromatic heterocycles. The van der Waals surface area contributed by atoms with Crippen LogP contribution in [-0.4, -0.2) is 46.7 Å². The zero-order chi connectivity index (χ0) is 14.9. The minimum Gasteiger partial charge on any atom is -0.330 e. The minimum atomic E-state index is -3.44. The van der Waals surface area contributed by atoms with Gasteiger partial charge < -0.3 is 5.73 Å². The molecule has 20 heavy (non-hydrogen) atoms. The highest BCUT2D eigenvalue weighted by Gasteiger charge is 2.37. The predicted molar refractivity (Wildman–Crippen MR) is 78.6 cm³/mol. The molecule has 118 valence electrons. The lowest BCUT2D eigenvalue weighted by molar-refractivity contribution is 0.308. The lowest BCUT2D eigenvalue weighted by Gasteiger charge is -2.29. The summed E-state index contributed by atoms with van der Waals surface area (Å²) in [5.74, 6) is -0.0543. The molecule has 0 amide bonds. The van der Waals surface area contributed by atoms with Gasteiger partial charge in [0.1, 0.15) is 9.84 Å². The Morgan fingerprint density at radius 2 is 1.70 bits per heavy atom. The van der Waals surface area contributed by atoms with Crippen molar-refractivity contribution in [2.24, 2.45) is 11.1 Å². The van der Waals surface area contributed by atoms with Gasteiger partial charge in [-0.2, -0.15) is 0 Å². The number of sulfonamides is 1. The number of hydrogen-bond acceptors (Lipinski definition) is 5. The quantitative estimate of drug-likeness (QED) is 0.740. The summed E-state index contributed by atoms with van der Waals surface area (Å²) >= 11 is 0. The lowest BCUT2D eigenvalue weighted by Crippen LogP contribution is -2.45. The van der Waals surface area contributed by atoms with Crippen LogP contribution in [0.25, 0.3) is 0 Å². The van der Waals surface area contributed by atoms with Crippen LogP contribution in [-0.2, 0) is 19.9 Å². The summed E-state index contributed by atoms with van der Waals surface area (Å²) in [6.45, 7) is 0.879. The Hall–Kier alpha value is -0.180. The Bertz CT molecular complexity index is 522. The van der Waals surface area contributed by atoms with Crippen LogP contribution >= 0.6 is 0 Å². The van der Waals surface area contributed by atoms with Gasteiger partial charge >= 0.3 is 0 Å². The molecule has 2 aliphatic rings. The van der Waals surface area contributed by atoms with Crippen molar-refractivity contribution in [2.45, 2.75) is 43.8 Å². The van der Waals surface area contributed by atoms with Crippen molar-refractivity contribution in [3.05, 3.63) is 0 Å². The third-order valence-corrected chi connectivity index (χ3v) is 8.30. The third kappa shape index (κ3) is 3.72. The maximum absolute atomic E-state index is 12.3. The first-order valence-electron chi connectivity index (χ1n) is 7.18. The molecule has 3 N–H and O–H groups in total. The van der Waals surface area contributed by atoms with Gasteiger partial charge in [0, 0.05) is 6.54 Å². The number of sulfone groups is 1. The average molecular weight is 324 g/mol. The number of hydrogen-bond donors (Lipinski definition) is 2. The molecular formula is C12H24N2O4S2. The van der Waals surface area contributed by atoms with Crippen molar-refractivity contribution in [2.75, 3.05) is 24.6 Å². The third-order valence-electron chi connectivity index (χ3n) is 4.69. The van der Waals surface area contributed by atoms with Gasteiger partial charge in [-0.25, -0.2) is 21.6 Å². The van der Waals surface area contributed by atoms with E-state index in [2.05, 4.69) is 4.72 Å². The largest absolute Gasteiger partial charge is 0.330 e. The van der Waals surface area contributed by atoms with E-state index in [1.807, 2.05) is 0 Å². The highest BCUT2D eigenvalue weighted by Crippen LogP contribution is 2.36. The summed E-state index contributed by atoms with van der Waals surface area (Å²) in [4.78, 5) is 0. The maximum Gasteiger partial charge on any atom is 0.214 e.